The van der Waals surface area contributed by atoms with Gasteiger partial charge < -0.3 is 15.5 Å². The van der Waals surface area contributed by atoms with Gasteiger partial charge in [0, 0.05) is 25.2 Å². The van der Waals surface area contributed by atoms with E-state index in [1.54, 1.807) is 11.8 Å². The molecule has 2 heterocycles. The van der Waals surface area contributed by atoms with Gasteiger partial charge in [-0.15, -0.1) is 0 Å². The van der Waals surface area contributed by atoms with E-state index in [4.69, 9.17) is 0 Å². The molecular formula is C25H28N4O4. The predicted molar refractivity (Wildman–Crippen MR) is 123 cm³/mol. The van der Waals surface area contributed by atoms with E-state index in [1.807, 2.05) is 54.6 Å². The molecule has 0 radical (unpaired) electrons. The van der Waals surface area contributed by atoms with Gasteiger partial charge in [-0.25, -0.2) is 4.79 Å². The Balaban J connectivity index is 1.28. The van der Waals surface area contributed by atoms with Crippen molar-refractivity contribution in [3.63, 3.8) is 0 Å². The molecule has 0 aromatic heterocycles. The summed E-state index contributed by atoms with van der Waals surface area (Å²) in [5.74, 6) is -0.678. The van der Waals surface area contributed by atoms with Crippen molar-refractivity contribution in [2.75, 3.05) is 18.0 Å². The van der Waals surface area contributed by atoms with Crippen molar-refractivity contribution in [1.29, 1.82) is 0 Å². The lowest BCUT2D eigenvalue weighted by Gasteiger charge is -2.21. The molecule has 1 atom stereocenters. The first kappa shape index (κ1) is 22.5. The highest BCUT2D eigenvalue weighted by atomic mass is 16.2. The molecule has 4 rings (SSSR count). The number of hydrogen-bond donors (Lipinski definition) is 2. The lowest BCUT2D eigenvalue weighted by molar-refractivity contribution is -0.134. The van der Waals surface area contributed by atoms with Gasteiger partial charge in [-0.05, 0) is 49.4 Å². The lowest BCUT2D eigenvalue weighted by Crippen LogP contribution is -2.45. The van der Waals surface area contributed by atoms with Crippen molar-refractivity contribution >= 4 is 29.4 Å². The smallest absolute Gasteiger partial charge is 0.325 e. The summed E-state index contributed by atoms with van der Waals surface area (Å²) in [5, 5.41) is 5.50. The molecule has 0 aliphatic carbocycles. The monoisotopic (exact) mass is 448 g/mol. The van der Waals surface area contributed by atoms with Crippen molar-refractivity contribution < 1.29 is 19.2 Å². The fraction of sp³-hybridized carbons (Fsp3) is 0.360. The van der Waals surface area contributed by atoms with Gasteiger partial charge >= 0.3 is 6.03 Å². The Bertz CT molecular complexity index is 1050. The fourth-order valence-corrected chi connectivity index (χ4v) is 4.21. The minimum atomic E-state index is -1.03. The highest BCUT2D eigenvalue weighted by Gasteiger charge is 2.47. The Morgan fingerprint density at radius 1 is 1.03 bits per heavy atom. The molecule has 2 saturated heterocycles. The first-order valence-corrected chi connectivity index (χ1v) is 11.2. The molecule has 5 amide bonds. The van der Waals surface area contributed by atoms with Gasteiger partial charge in [-0.3, -0.25) is 19.3 Å². The molecule has 0 unspecified atom stereocenters. The van der Waals surface area contributed by atoms with Crippen LogP contribution in [0.2, 0.25) is 0 Å². The third-order valence-electron chi connectivity index (χ3n) is 6.21. The maximum absolute atomic E-state index is 12.9. The van der Waals surface area contributed by atoms with E-state index >= 15 is 0 Å². The van der Waals surface area contributed by atoms with Crippen LogP contribution in [0.3, 0.4) is 0 Å². The minimum absolute atomic E-state index is 0.125. The number of carbonyl (C=O) groups excluding carboxylic acids is 4. The van der Waals surface area contributed by atoms with Crippen LogP contribution in [0.4, 0.5) is 10.5 Å². The van der Waals surface area contributed by atoms with Crippen LogP contribution in [0.15, 0.2) is 54.6 Å². The van der Waals surface area contributed by atoms with Crippen LogP contribution in [0.1, 0.15) is 37.3 Å². The number of urea groups is 1. The second-order valence-corrected chi connectivity index (χ2v) is 8.73. The zero-order valence-corrected chi connectivity index (χ0v) is 18.7. The average molecular weight is 449 g/mol. The largest absolute Gasteiger partial charge is 0.350 e. The van der Waals surface area contributed by atoms with E-state index in [0.717, 1.165) is 34.7 Å². The molecule has 2 N–H and O–H groups in total. The molecule has 2 aromatic rings. The molecule has 0 bridgehead atoms. The highest BCUT2D eigenvalue weighted by Crippen LogP contribution is 2.24. The van der Waals surface area contributed by atoms with Crippen LogP contribution in [-0.2, 0) is 27.3 Å². The number of amides is 5. The zero-order valence-electron chi connectivity index (χ0n) is 18.7. The molecule has 2 aliphatic rings. The summed E-state index contributed by atoms with van der Waals surface area (Å²) in [6, 6.07) is 16.6. The molecule has 0 saturated carbocycles. The Morgan fingerprint density at radius 2 is 1.76 bits per heavy atom. The molecule has 172 valence electrons. The Hall–Kier alpha value is -3.68. The topological polar surface area (TPSA) is 98.8 Å². The van der Waals surface area contributed by atoms with Gasteiger partial charge in [0.1, 0.15) is 12.1 Å². The summed E-state index contributed by atoms with van der Waals surface area (Å²) in [6.45, 7) is 2.36. The van der Waals surface area contributed by atoms with Crippen molar-refractivity contribution in [3.8, 4) is 0 Å². The highest BCUT2D eigenvalue weighted by molar-refractivity contribution is 6.08. The molecule has 33 heavy (non-hydrogen) atoms. The van der Waals surface area contributed by atoms with Gasteiger partial charge in [0.2, 0.25) is 11.8 Å². The Labute approximate surface area is 192 Å². The van der Waals surface area contributed by atoms with Gasteiger partial charge in [-0.1, -0.05) is 42.5 Å². The van der Waals surface area contributed by atoms with Crippen LogP contribution < -0.4 is 15.5 Å². The van der Waals surface area contributed by atoms with Gasteiger partial charge in [0.15, 0.2) is 0 Å². The second-order valence-electron chi connectivity index (χ2n) is 8.73. The number of carbonyl (C=O) groups is 4. The predicted octanol–water partition coefficient (Wildman–Crippen LogP) is 2.37. The Kier molecular flexibility index (Phi) is 6.44. The summed E-state index contributed by atoms with van der Waals surface area (Å²) in [7, 11) is 0. The standard InChI is InChI=1S/C25H28N4O4/c1-25(14-13-18-6-3-2-4-7-18)23(32)29(24(33)27-25)17-21(30)26-16-19-9-11-20(12-10-19)28-15-5-8-22(28)31/h2-4,6-7,9-12H,5,8,13-17H2,1H3,(H,26,30)(H,27,33)/t25-/m0/s1. The number of benzene rings is 2. The number of anilines is 1. The van der Waals surface area contributed by atoms with Gasteiger partial charge in [0.05, 0.1) is 0 Å². The minimum Gasteiger partial charge on any atom is -0.350 e. The maximum atomic E-state index is 12.9. The van der Waals surface area contributed by atoms with Crippen LogP contribution in [-0.4, -0.2) is 47.3 Å². The summed E-state index contributed by atoms with van der Waals surface area (Å²) in [6.07, 6.45) is 2.53. The molecular weight excluding hydrogens is 420 g/mol. The van der Waals surface area contributed by atoms with Crippen LogP contribution in [0.25, 0.3) is 0 Å². The van der Waals surface area contributed by atoms with Gasteiger partial charge in [0.25, 0.3) is 5.91 Å². The summed E-state index contributed by atoms with van der Waals surface area (Å²) < 4.78 is 0. The third-order valence-corrected chi connectivity index (χ3v) is 6.21. The fourth-order valence-electron chi connectivity index (χ4n) is 4.21. The molecule has 2 aromatic carbocycles. The SMILES string of the molecule is C[C@@]1(CCc2ccccc2)NC(=O)N(CC(=O)NCc2ccc(N3CCCC3=O)cc2)C1=O. The van der Waals surface area contributed by atoms with Crippen molar-refractivity contribution in [2.24, 2.45) is 0 Å². The summed E-state index contributed by atoms with van der Waals surface area (Å²) in [4.78, 5) is 52.3. The number of nitrogens with one attached hydrogen (secondary N) is 2. The molecule has 2 fully saturated rings. The lowest BCUT2D eigenvalue weighted by atomic mass is 9.93. The van der Waals surface area contributed by atoms with Crippen molar-refractivity contribution in [2.45, 2.75) is 44.7 Å². The van der Waals surface area contributed by atoms with E-state index in [2.05, 4.69) is 10.6 Å². The van der Waals surface area contributed by atoms with Crippen LogP contribution >= 0.6 is 0 Å². The molecule has 0 spiro atoms. The first-order valence-electron chi connectivity index (χ1n) is 11.2. The molecule has 2 aliphatic heterocycles. The second kappa shape index (κ2) is 9.44. The first-order chi connectivity index (χ1) is 15.9. The van der Waals surface area contributed by atoms with Gasteiger partial charge in [-0.2, -0.15) is 0 Å². The third kappa shape index (κ3) is 5.05. The number of rotatable bonds is 8. The normalized spacial score (nSPS) is 20.3. The summed E-state index contributed by atoms with van der Waals surface area (Å²) in [5.41, 5.74) is 1.76. The van der Waals surface area contributed by atoms with Crippen molar-refractivity contribution in [1.82, 2.24) is 15.5 Å². The number of imide groups is 1. The van der Waals surface area contributed by atoms with Crippen LogP contribution in [0.5, 0.6) is 0 Å². The van der Waals surface area contributed by atoms with E-state index in [1.165, 1.54) is 0 Å². The van der Waals surface area contributed by atoms with E-state index in [0.29, 0.717) is 19.3 Å². The Morgan fingerprint density at radius 3 is 2.42 bits per heavy atom. The number of aryl methyl sites for hydroxylation is 1. The molecule has 8 nitrogen and oxygen atoms in total. The maximum Gasteiger partial charge on any atom is 0.325 e. The zero-order chi connectivity index (χ0) is 23.4. The van der Waals surface area contributed by atoms with E-state index < -0.39 is 23.4 Å². The number of nitrogens with zero attached hydrogens (tertiary/aromatic N) is 2. The van der Waals surface area contributed by atoms with Crippen LogP contribution in [0, 0.1) is 0 Å². The number of hydrogen-bond acceptors (Lipinski definition) is 4. The molecule has 8 heteroatoms. The average Bonchev–Trinajstić information content (AvgIpc) is 3.34. The summed E-state index contributed by atoms with van der Waals surface area (Å²) >= 11 is 0. The quantitative estimate of drug-likeness (QED) is 0.606. The van der Waals surface area contributed by atoms with E-state index in [-0.39, 0.29) is 19.0 Å². The van der Waals surface area contributed by atoms with E-state index in [9.17, 15) is 19.2 Å². The van der Waals surface area contributed by atoms with Crippen molar-refractivity contribution in [3.05, 3.63) is 65.7 Å².